The van der Waals surface area contributed by atoms with E-state index in [9.17, 15) is 4.39 Å². The van der Waals surface area contributed by atoms with E-state index >= 15 is 0 Å². The van der Waals surface area contributed by atoms with Gasteiger partial charge in [-0.25, -0.2) is 9.37 Å². The van der Waals surface area contributed by atoms with Crippen LogP contribution in [0.1, 0.15) is 0 Å². The SMILES string of the molecule is CNc1nc(Sc2ccccc2F)c(Cl)cc1Cl. The van der Waals surface area contributed by atoms with Crippen molar-refractivity contribution in [2.24, 2.45) is 0 Å². The van der Waals surface area contributed by atoms with Crippen molar-refractivity contribution in [3.63, 3.8) is 0 Å². The fourth-order valence-electron chi connectivity index (χ4n) is 1.33. The normalized spacial score (nSPS) is 10.4. The summed E-state index contributed by atoms with van der Waals surface area (Å²) in [5, 5.41) is 4.19. The van der Waals surface area contributed by atoms with Crippen molar-refractivity contribution in [2.75, 3.05) is 12.4 Å². The molecule has 0 fully saturated rings. The second-order valence-electron chi connectivity index (χ2n) is 3.39. The number of halogens is 3. The number of nitrogens with zero attached hydrogens (tertiary/aromatic N) is 1. The van der Waals surface area contributed by atoms with Gasteiger partial charge in [0.15, 0.2) is 0 Å². The van der Waals surface area contributed by atoms with Crippen LogP contribution < -0.4 is 5.32 Å². The highest BCUT2D eigenvalue weighted by Gasteiger charge is 2.11. The molecule has 0 aliphatic heterocycles. The predicted octanol–water partition coefficient (Wildman–Crippen LogP) is 4.72. The van der Waals surface area contributed by atoms with E-state index in [1.165, 1.54) is 6.07 Å². The molecule has 0 saturated heterocycles. The minimum absolute atomic E-state index is 0.304. The number of hydrogen-bond acceptors (Lipinski definition) is 3. The monoisotopic (exact) mass is 302 g/mol. The third-order valence-corrected chi connectivity index (χ3v) is 3.92. The summed E-state index contributed by atoms with van der Waals surface area (Å²) in [5.74, 6) is 0.209. The Balaban J connectivity index is 2.38. The molecule has 18 heavy (non-hydrogen) atoms. The first kappa shape index (κ1) is 13.5. The lowest BCUT2D eigenvalue weighted by Gasteiger charge is -2.08. The van der Waals surface area contributed by atoms with Crippen molar-refractivity contribution < 1.29 is 4.39 Å². The minimum Gasteiger partial charge on any atom is -0.372 e. The van der Waals surface area contributed by atoms with Crippen LogP contribution in [0.2, 0.25) is 10.0 Å². The van der Waals surface area contributed by atoms with Gasteiger partial charge in [-0.3, -0.25) is 0 Å². The third kappa shape index (κ3) is 2.88. The van der Waals surface area contributed by atoms with Gasteiger partial charge in [0.2, 0.25) is 0 Å². The van der Waals surface area contributed by atoms with Gasteiger partial charge in [0.05, 0.1) is 10.0 Å². The van der Waals surface area contributed by atoms with Crippen molar-refractivity contribution in [1.82, 2.24) is 4.98 Å². The summed E-state index contributed by atoms with van der Waals surface area (Å²) in [4.78, 5) is 4.72. The van der Waals surface area contributed by atoms with Crippen LogP contribution in [0.4, 0.5) is 10.2 Å². The molecule has 0 aliphatic rings. The first-order valence-electron chi connectivity index (χ1n) is 5.08. The van der Waals surface area contributed by atoms with Crippen LogP contribution in [-0.2, 0) is 0 Å². The van der Waals surface area contributed by atoms with E-state index in [1.54, 1.807) is 31.3 Å². The molecule has 6 heteroatoms. The van der Waals surface area contributed by atoms with E-state index in [1.807, 2.05) is 0 Å². The Labute approximate surface area is 119 Å². The molecule has 0 radical (unpaired) electrons. The number of rotatable bonds is 3. The average molecular weight is 303 g/mol. The summed E-state index contributed by atoms with van der Waals surface area (Å²) < 4.78 is 13.5. The average Bonchev–Trinajstić information content (AvgIpc) is 2.35. The number of pyridine rings is 1. The van der Waals surface area contributed by atoms with Gasteiger partial charge in [-0.15, -0.1) is 0 Å². The fraction of sp³-hybridized carbons (Fsp3) is 0.0833. The van der Waals surface area contributed by atoms with Gasteiger partial charge in [-0.2, -0.15) is 0 Å². The first-order valence-corrected chi connectivity index (χ1v) is 6.65. The maximum atomic E-state index is 13.5. The zero-order valence-electron chi connectivity index (χ0n) is 9.38. The van der Waals surface area contributed by atoms with E-state index in [0.29, 0.717) is 25.8 Å². The molecule has 0 spiro atoms. The van der Waals surface area contributed by atoms with Gasteiger partial charge in [-0.1, -0.05) is 47.1 Å². The zero-order valence-corrected chi connectivity index (χ0v) is 11.7. The molecule has 0 amide bonds. The largest absolute Gasteiger partial charge is 0.372 e. The van der Waals surface area contributed by atoms with Crippen molar-refractivity contribution in [1.29, 1.82) is 0 Å². The highest BCUT2D eigenvalue weighted by atomic mass is 35.5. The smallest absolute Gasteiger partial charge is 0.146 e. The van der Waals surface area contributed by atoms with Crippen molar-refractivity contribution >= 4 is 40.8 Å². The predicted molar refractivity (Wildman–Crippen MR) is 74.3 cm³/mol. The van der Waals surface area contributed by atoms with Crippen LogP contribution in [0.25, 0.3) is 0 Å². The highest BCUT2D eigenvalue weighted by molar-refractivity contribution is 7.99. The van der Waals surface area contributed by atoms with E-state index in [-0.39, 0.29) is 5.82 Å². The molecule has 1 aromatic heterocycles. The second kappa shape index (κ2) is 5.78. The molecule has 94 valence electrons. The molecule has 0 atom stereocenters. The van der Waals surface area contributed by atoms with Crippen molar-refractivity contribution in [2.45, 2.75) is 9.92 Å². The lowest BCUT2D eigenvalue weighted by molar-refractivity contribution is 0.602. The van der Waals surface area contributed by atoms with Crippen LogP contribution in [0.3, 0.4) is 0 Å². The zero-order chi connectivity index (χ0) is 13.1. The molecule has 0 saturated carbocycles. The van der Waals surface area contributed by atoms with Crippen LogP contribution in [0.5, 0.6) is 0 Å². The Kier molecular flexibility index (Phi) is 4.32. The number of benzene rings is 1. The first-order chi connectivity index (χ1) is 8.61. The topological polar surface area (TPSA) is 24.9 Å². The molecular formula is C12H9Cl2FN2S. The third-order valence-electron chi connectivity index (χ3n) is 2.18. The van der Waals surface area contributed by atoms with Gasteiger partial charge in [0, 0.05) is 11.9 Å². The summed E-state index contributed by atoms with van der Waals surface area (Å²) in [6.45, 7) is 0. The molecule has 2 aromatic rings. The quantitative estimate of drug-likeness (QED) is 0.888. The van der Waals surface area contributed by atoms with Gasteiger partial charge in [0.1, 0.15) is 16.7 Å². The lowest BCUT2D eigenvalue weighted by atomic mass is 10.3. The highest BCUT2D eigenvalue weighted by Crippen LogP contribution is 2.36. The summed E-state index contributed by atoms with van der Waals surface area (Å²) in [6, 6.07) is 8.05. The van der Waals surface area contributed by atoms with Crippen LogP contribution in [0.15, 0.2) is 40.3 Å². The summed E-state index contributed by atoms with van der Waals surface area (Å²) in [7, 11) is 1.71. The summed E-state index contributed by atoms with van der Waals surface area (Å²) in [6.07, 6.45) is 0. The number of anilines is 1. The molecule has 2 rings (SSSR count). The Bertz CT molecular complexity index is 578. The molecule has 0 aliphatic carbocycles. The molecule has 1 heterocycles. The maximum Gasteiger partial charge on any atom is 0.146 e. The van der Waals surface area contributed by atoms with Gasteiger partial charge < -0.3 is 5.32 Å². The number of aromatic nitrogens is 1. The number of hydrogen-bond donors (Lipinski definition) is 1. The number of nitrogens with one attached hydrogen (secondary N) is 1. The van der Waals surface area contributed by atoms with Crippen LogP contribution in [-0.4, -0.2) is 12.0 Å². The Morgan fingerprint density at radius 2 is 1.94 bits per heavy atom. The van der Waals surface area contributed by atoms with Gasteiger partial charge in [-0.05, 0) is 18.2 Å². The van der Waals surface area contributed by atoms with E-state index in [2.05, 4.69) is 10.3 Å². The van der Waals surface area contributed by atoms with Crippen LogP contribution >= 0.6 is 35.0 Å². The lowest BCUT2D eigenvalue weighted by Crippen LogP contribution is -1.95. The van der Waals surface area contributed by atoms with E-state index in [4.69, 9.17) is 23.2 Å². The fourth-order valence-corrected chi connectivity index (χ4v) is 2.71. The summed E-state index contributed by atoms with van der Waals surface area (Å²) >= 11 is 13.1. The Hall–Kier alpha value is -0.970. The molecule has 1 N–H and O–H groups in total. The standard InChI is InChI=1S/C12H9Cl2FN2S/c1-16-11-7(13)6-8(14)12(17-11)18-10-5-3-2-4-9(10)15/h2-6H,1H3,(H,16,17). The van der Waals surface area contributed by atoms with E-state index in [0.717, 1.165) is 11.8 Å². The van der Waals surface area contributed by atoms with Crippen LogP contribution in [0, 0.1) is 5.82 Å². The van der Waals surface area contributed by atoms with Gasteiger partial charge >= 0.3 is 0 Å². The van der Waals surface area contributed by atoms with Gasteiger partial charge in [0.25, 0.3) is 0 Å². The van der Waals surface area contributed by atoms with Crippen molar-refractivity contribution in [3.05, 3.63) is 46.2 Å². The molecule has 1 aromatic carbocycles. The Morgan fingerprint density at radius 1 is 1.22 bits per heavy atom. The van der Waals surface area contributed by atoms with E-state index < -0.39 is 0 Å². The second-order valence-corrected chi connectivity index (χ2v) is 5.23. The maximum absolute atomic E-state index is 13.5. The minimum atomic E-state index is -0.304. The van der Waals surface area contributed by atoms with Crippen molar-refractivity contribution in [3.8, 4) is 0 Å². The molecular weight excluding hydrogens is 294 g/mol. The molecule has 2 nitrogen and oxygen atoms in total. The summed E-state index contributed by atoms with van der Waals surface area (Å²) in [5.41, 5.74) is 0. The Morgan fingerprint density at radius 3 is 2.61 bits per heavy atom. The molecule has 0 bridgehead atoms. The molecule has 0 unspecified atom stereocenters.